The molecular formula is C63H108N16O18. The van der Waals surface area contributed by atoms with E-state index >= 15 is 0 Å². The molecule has 34 nitrogen and oxygen atoms in total. The predicted octanol–water partition coefficient (Wildman–Crippen LogP) is -4.02. The SMILES string of the molecule is CC[C@H](C)[C@H](NC(=O)[C@H](CCCCN)NC(=O)[C@H](CC(C)C)NC(=O)[C@H](CCCCN)NC(=O)[C@H](CCCCN)NC(=O)[C@@H](N)CCC(=O)O)C(=O)N[C@@H](CC(C)C)C(=O)N[C@H](C(=O)NCC(=O)NCC(=O)N[C@@H](Cc1ccc(O)cc1)C(=O)N[C@@H](CCC(N)=O)C(=O)O)[C@@H](C)O. The average molecular weight is 1380 g/mol. The third kappa shape index (κ3) is 35.3. The highest BCUT2D eigenvalue weighted by Gasteiger charge is 2.37. The maximum absolute atomic E-state index is 14.5. The minimum atomic E-state index is -1.73. The summed E-state index contributed by atoms with van der Waals surface area (Å²) in [5.74, 6) is -14.3. The molecule has 0 aromatic heterocycles. The molecule has 0 unspecified atom stereocenters. The van der Waals surface area contributed by atoms with Gasteiger partial charge in [-0.3, -0.25) is 62.3 Å². The van der Waals surface area contributed by atoms with Crippen LogP contribution in [0.25, 0.3) is 0 Å². The van der Waals surface area contributed by atoms with Crippen molar-refractivity contribution in [1.29, 1.82) is 0 Å². The molecule has 34 heteroatoms. The molecule has 25 N–H and O–H groups in total. The number of hydrogen-bond acceptors (Lipinski definition) is 20. The molecule has 97 heavy (non-hydrogen) atoms. The summed E-state index contributed by atoms with van der Waals surface area (Å²) in [5, 5.41) is 67.0. The Kier molecular flexibility index (Phi) is 41.5. The highest BCUT2D eigenvalue weighted by Crippen LogP contribution is 2.16. The van der Waals surface area contributed by atoms with Gasteiger partial charge in [0.2, 0.25) is 70.9 Å². The summed E-state index contributed by atoms with van der Waals surface area (Å²) in [6.45, 7) is 10.8. The van der Waals surface area contributed by atoms with Crippen LogP contribution in [-0.2, 0) is 73.5 Å². The van der Waals surface area contributed by atoms with Crippen LogP contribution in [0.15, 0.2) is 24.3 Å². The summed E-state index contributed by atoms with van der Waals surface area (Å²) in [7, 11) is 0. The Balaban J connectivity index is 3.38. The predicted molar refractivity (Wildman–Crippen MR) is 355 cm³/mol. The van der Waals surface area contributed by atoms with Crippen molar-refractivity contribution in [2.24, 2.45) is 46.4 Å². The quantitative estimate of drug-likeness (QED) is 0.0276. The number of carbonyl (C=O) groups is 14. The topological polar surface area (TPSA) is 582 Å². The number of amides is 12. The van der Waals surface area contributed by atoms with E-state index in [4.69, 9.17) is 33.8 Å². The van der Waals surface area contributed by atoms with Gasteiger partial charge in [0.15, 0.2) is 0 Å². The fourth-order valence-electron chi connectivity index (χ4n) is 9.73. The molecule has 0 heterocycles. The Labute approximate surface area is 565 Å². The molecule has 0 fully saturated rings. The second-order valence-corrected chi connectivity index (χ2v) is 24.9. The molecule has 0 saturated carbocycles. The normalized spacial score (nSPS) is 14.9. The van der Waals surface area contributed by atoms with Crippen LogP contribution in [0.2, 0.25) is 0 Å². The Morgan fingerprint density at radius 1 is 0.443 bits per heavy atom. The number of aliphatic hydroxyl groups excluding tert-OH is 1. The summed E-state index contributed by atoms with van der Waals surface area (Å²) in [5.41, 5.74) is 28.8. The number of unbranched alkanes of at least 4 members (excludes halogenated alkanes) is 3. The van der Waals surface area contributed by atoms with E-state index < -0.39 is 175 Å². The number of nitrogens with one attached hydrogen (secondary N) is 11. The van der Waals surface area contributed by atoms with E-state index in [9.17, 15) is 82.4 Å². The molecule has 0 aliphatic carbocycles. The molecule has 0 radical (unpaired) electrons. The minimum Gasteiger partial charge on any atom is -0.508 e. The number of carboxylic acids is 2. The molecule has 0 spiro atoms. The van der Waals surface area contributed by atoms with Gasteiger partial charge in [0, 0.05) is 19.3 Å². The Morgan fingerprint density at radius 3 is 1.30 bits per heavy atom. The lowest BCUT2D eigenvalue weighted by Crippen LogP contribution is -2.62. The Morgan fingerprint density at radius 2 is 0.856 bits per heavy atom. The number of rotatable bonds is 50. The van der Waals surface area contributed by atoms with Crippen LogP contribution in [-0.4, -0.2) is 202 Å². The highest BCUT2D eigenvalue weighted by molar-refractivity contribution is 5.99. The average Bonchev–Trinajstić information content (AvgIpc) is 0.918. The smallest absolute Gasteiger partial charge is 0.326 e. The van der Waals surface area contributed by atoms with Crippen molar-refractivity contribution in [1.82, 2.24) is 58.5 Å². The molecule has 1 rings (SSSR count). The van der Waals surface area contributed by atoms with Crippen LogP contribution >= 0.6 is 0 Å². The van der Waals surface area contributed by atoms with E-state index in [0.717, 1.165) is 0 Å². The number of aromatic hydroxyl groups is 1. The summed E-state index contributed by atoms with van der Waals surface area (Å²) in [4.78, 5) is 186. The summed E-state index contributed by atoms with van der Waals surface area (Å²) < 4.78 is 0. The number of nitrogens with two attached hydrogens (primary N) is 5. The molecule has 1 aromatic carbocycles. The van der Waals surface area contributed by atoms with Crippen molar-refractivity contribution in [3.63, 3.8) is 0 Å². The summed E-state index contributed by atoms with van der Waals surface area (Å²) >= 11 is 0. The number of carbonyl (C=O) groups excluding carboxylic acids is 12. The van der Waals surface area contributed by atoms with Crippen LogP contribution in [0.5, 0.6) is 5.75 Å². The minimum absolute atomic E-state index is 0.0171. The number of carboxylic acid groups (broad SMARTS) is 2. The van der Waals surface area contributed by atoms with E-state index in [1.165, 1.54) is 31.2 Å². The van der Waals surface area contributed by atoms with Gasteiger partial charge in [0.25, 0.3) is 0 Å². The second kappa shape index (κ2) is 46.5. The number of phenolic OH excluding ortho intramolecular Hbond substituents is 1. The van der Waals surface area contributed by atoms with Crippen molar-refractivity contribution in [2.45, 2.75) is 224 Å². The molecule has 0 saturated heterocycles. The Bertz CT molecular complexity index is 2740. The molecule has 0 aliphatic heterocycles. The van der Waals surface area contributed by atoms with Crippen LogP contribution in [0.3, 0.4) is 0 Å². The van der Waals surface area contributed by atoms with Crippen molar-refractivity contribution in [3.05, 3.63) is 29.8 Å². The molecule has 1 aromatic rings. The molecule has 548 valence electrons. The van der Waals surface area contributed by atoms with Gasteiger partial charge in [0.05, 0.1) is 25.2 Å². The number of aliphatic carboxylic acids is 2. The van der Waals surface area contributed by atoms with Gasteiger partial charge in [-0.25, -0.2) is 4.79 Å². The van der Waals surface area contributed by atoms with Crippen LogP contribution in [0, 0.1) is 17.8 Å². The van der Waals surface area contributed by atoms with Gasteiger partial charge in [-0.05, 0) is 145 Å². The van der Waals surface area contributed by atoms with Gasteiger partial charge >= 0.3 is 11.9 Å². The lowest BCUT2D eigenvalue weighted by Gasteiger charge is -2.30. The van der Waals surface area contributed by atoms with Crippen LogP contribution in [0.1, 0.15) is 157 Å². The number of hydrogen-bond donors (Lipinski definition) is 20. The molecule has 12 atom stereocenters. The van der Waals surface area contributed by atoms with Crippen LogP contribution in [0.4, 0.5) is 0 Å². The second-order valence-electron chi connectivity index (χ2n) is 24.9. The largest absolute Gasteiger partial charge is 0.508 e. The first kappa shape index (κ1) is 86.4. The monoisotopic (exact) mass is 1380 g/mol. The summed E-state index contributed by atoms with van der Waals surface area (Å²) in [6.07, 6.45) is -0.211. The van der Waals surface area contributed by atoms with E-state index in [1.807, 2.05) is 0 Å². The van der Waals surface area contributed by atoms with Gasteiger partial charge < -0.3 is 108 Å². The maximum atomic E-state index is 14.5. The van der Waals surface area contributed by atoms with Crippen molar-refractivity contribution >= 4 is 82.8 Å². The van der Waals surface area contributed by atoms with E-state index in [0.29, 0.717) is 50.5 Å². The molecule has 0 bridgehead atoms. The Hall–Kier alpha value is -8.60. The number of primary amides is 1. The lowest BCUT2D eigenvalue weighted by atomic mass is 9.95. The zero-order chi connectivity index (χ0) is 73.5. The zero-order valence-corrected chi connectivity index (χ0v) is 56.8. The van der Waals surface area contributed by atoms with Gasteiger partial charge in [-0.15, -0.1) is 0 Å². The molecule has 0 aliphatic rings. The summed E-state index contributed by atoms with van der Waals surface area (Å²) in [6, 6.07) is -8.29. The number of phenols is 1. The molecular weight excluding hydrogens is 1270 g/mol. The van der Waals surface area contributed by atoms with E-state index in [-0.39, 0.29) is 95.0 Å². The third-order valence-corrected chi connectivity index (χ3v) is 15.5. The fraction of sp³-hybridized carbons (Fsp3) is 0.683. The van der Waals surface area contributed by atoms with Crippen molar-refractivity contribution in [3.8, 4) is 5.75 Å². The van der Waals surface area contributed by atoms with Gasteiger partial charge in [0.1, 0.15) is 60.1 Å². The first-order valence-corrected chi connectivity index (χ1v) is 33.0. The number of benzene rings is 1. The standard InChI is InChI=1S/C63H108N16O18/c1-8-36(6)52(78-57(90)43(17-11-14-28-66)74-58(91)45(29-34(2)3)76-56(89)42(16-10-13-27-65)73-55(88)41(15-9-12-26-64)72-54(87)40(67)22-25-51(85)86)62(95)77-46(30-35(4)5)60(93)79-53(37(7)80)61(94)70-32-49(83)69-33-50(84)71-47(31-38-18-20-39(81)21-19-38)59(92)75-44(63(96)97)23-24-48(68)82/h18-21,34-37,40-47,52-53,80-81H,8-17,22-33,64-67H2,1-7H3,(H2,68,82)(H,69,83)(H,70,94)(H,71,84)(H,72,87)(H,73,88)(H,74,91)(H,75,92)(H,76,89)(H,77,95)(H,78,90)(H,79,93)(H,85,86)(H,96,97)/t36-,37+,40-,41-,42-,43-,44-,45-,46-,47-,52-,53-/m0/s1. The lowest BCUT2D eigenvalue weighted by molar-refractivity contribution is -0.142. The van der Waals surface area contributed by atoms with Gasteiger partial charge in [-0.1, -0.05) is 60.1 Å². The first-order valence-electron chi connectivity index (χ1n) is 33.0. The first-order chi connectivity index (χ1) is 45.7. The van der Waals surface area contributed by atoms with Crippen LogP contribution < -0.4 is 87.2 Å². The highest BCUT2D eigenvalue weighted by atomic mass is 16.4. The zero-order valence-electron chi connectivity index (χ0n) is 56.8. The number of aliphatic hydroxyl groups is 1. The van der Waals surface area contributed by atoms with E-state index in [1.54, 1.807) is 41.5 Å². The van der Waals surface area contributed by atoms with E-state index in [2.05, 4.69) is 58.5 Å². The third-order valence-electron chi connectivity index (χ3n) is 15.5. The maximum Gasteiger partial charge on any atom is 0.326 e. The fourth-order valence-corrected chi connectivity index (χ4v) is 9.73. The van der Waals surface area contributed by atoms with Crippen molar-refractivity contribution in [2.75, 3.05) is 32.7 Å². The van der Waals surface area contributed by atoms with Gasteiger partial charge in [-0.2, -0.15) is 0 Å². The van der Waals surface area contributed by atoms with Crippen molar-refractivity contribution < 1.29 is 87.5 Å². The molecule has 12 amide bonds.